The molecule has 33 heavy (non-hydrogen) atoms. The largest absolute Gasteiger partial charge is 0.494 e. The molecule has 1 amide bonds. The molecule has 1 heterocycles. The summed E-state index contributed by atoms with van der Waals surface area (Å²) >= 11 is 1.33. The Kier molecular flexibility index (Phi) is 8.60. The van der Waals surface area contributed by atoms with Crippen molar-refractivity contribution in [2.75, 3.05) is 25.0 Å². The van der Waals surface area contributed by atoms with Gasteiger partial charge < -0.3 is 4.74 Å². The number of carbonyl (C=O) groups is 1. The molecule has 0 fully saturated rings. The lowest BCUT2D eigenvalue weighted by molar-refractivity contribution is 0.102. The maximum Gasteiger partial charge on any atom is 0.257 e. The Balaban J connectivity index is 1.68. The smallest absolute Gasteiger partial charge is 0.257 e. The van der Waals surface area contributed by atoms with Crippen LogP contribution in [-0.2, 0) is 10.0 Å². The maximum absolute atomic E-state index is 12.8. The van der Waals surface area contributed by atoms with Crippen LogP contribution in [0.15, 0.2) is 58.8 Å². The van der Waals surface area contributed by atoms with Gasteiger partial charge in [0, 0.05) is 29.6 Å². The van der Waals surface area contributed by atoms with E-state index >= 15 is 0 Å². The number of nitrogens with one attached hydrogen (secondary N) is 1. The molecular weight excluding hydrogens is 458 g/mol. The molecule has 0 saturated carbocycles. The highest BCUT2D eigenvalue weighted by Crippen LogP contribution is 2.27. The predicted octanol–water partition coefficient (Wildman–Crippen LogP) is 5.27. The van der Waals surface area contributed by atoms with E-state index in [0.717, 1.165) is 29.8 Å². The van der Waals surface area contributed by atoms with E-state index < -0.39 is 10.0 Å². The Morgan fingerprint density at radius 3 is 2.36 bits per heavy atom. The molecule has 0 aliphatic rings. The van der Waals surface area contributed by atoms with Crippen molar-refractivity contribution in [2.24, 2.45) is 0 Å². The van der Waals surface area contributed by atoms with Crippen LogP contribution in [0.1, 0.15) is 44.0 Å². The van der Waals surface area contributed by atoms with E-state index in [1.165, 1.54) is 39.9 Å². The van der Waals surface area contributed by atoms with Gasteiger partial charge in [0.2, 0.25) is 10.0 Å². The standard InChI is InChI=1S/C24H29N3O4S2/c1-4-7-16-27(5-2)33(29,30)21-14-10-19(11-15-21)23(28)26-24-25-22(17-32-24)18-8-12-20(13-9-18)31-6-3/h8-15,17H,4-7,16H2,1-3H3,(H,25,26,28). The lowest BCUT2D eigenvalue weighted by Crippen LogP contribution is -2.31. The van der Waals surface area contributed by atoms with Gasteiger partial charge in [-0.2, -0.15) is 4.31 Å². The molecule has 3 aromatic rings. The molecule has 176 valence electrons. The molecule has 1 N–H and O–H groups in total. The van der Waals surface area contributed by atoms with Crippen molar-refractivity contribution in [1.82, 2.24) is 9.29 Å². The lowest BCUT2D eigenvalue weighted by atomic mass is 10.2. The van der Waals surface area contributed by atoms with E-state index in [2.05, 4.69) is 10.3 Å². The van der Waals surface area contributed by atoms with Gasteiger partial charge in [-0.3, -0.25) is 10.1 Å². The topological polar surface area (TPSA) is 88.6 Å². The summed E-state index contributed by atoms with van der Waals surface area (Å²) in [6.45, 7) is 7.28. The van der Waals surface area contributed by atoms with Crippen molar-refractivity contribution in [3.05, 3.63) is 59.5 Å². The molecule has 9 heteroatoms. The summed E-state index contributed by atoms with van der Waals surface area (Å²) in [5.41, 5.74) is 2.04. The van der Waals surface area contributed by atoms with E-state index in [1.807, 2.05) is 50.4 Å². The SMILES string of the molecule is CCCCN(CC)S(=O)(=O)c1ccc(C(=O)Nc2nc(-c3ccc(OCC)cc3)cs2)cc1. The Morgan fingerprint density at radius 1 is 1.06 bits per heavy atom. The summed E-state index contributed by atoms with van der Waals surface area (Å²) in [6, 6.07) is 13.6. The van der Waals surface area contributed by atoms with Crippen molar-refractivity contribution in [3.63, 3.8) is 0 Å². The van der Waals surface area contributed by atoms with E-state index in [9.17, 15) is 13.2 Å². The van der Waals surface area contributed by atoms with Gasteiger partial charge >= 0.3 is 0 Å². The van der Waals surface area contributed by atoms with Crippen LogP contribution in [0.4, 0.5) is 5.13 Å². The zero-order valence-corrected chi connectivity index (χ0v) is 20.7. The Hall–Kier alpha value is -2.75. The number of ether oxygens (including phenoxy) is 1. The highest BCUT2D eigenvalue weighted by Gasteiger charge is 2.22. The van der Waals surface area contributed by atoms with Gasteiger partial charge in [0.15, 0.2) is 5.13 Å². The summed E-state index contributed by atoms with van der Waals surface area (Å²) in [4.78, 5) is 17.3. The molecule has 0 unspecified atom stereocenters. The number of thiazole rings is 1. The number of unbranched alkanes of at least 4 members (excludes halogenated alkanes) is 1. The van der Waals surface area contributed by atoms with Crippen LogP contribution in [0.3, 0.4) is 0 Å². The van der Waals surface area contributed by atoms with Crippen LogP contribution in [0.5, 0.6) is 5.75 Å². The molecular formula is C24H29N3O4S2. The van der Waals surface area contributed by atoms with Gasteiger partial charge in [-0.15, -0.1) is 11.3 Å². The first-order valence-corrected chi connectivity index (χ1v) is 13.3. The van der Waals surface area contributed by atoms with Crippen LogP contribution in [0.2, 0.25) is 0 Å². The quantitative estimate of drug-likeness (QED) is 0.398. The van der Waals surface area contributed by atoms with E-state index in [-0.39, 0.29) is 10.8 Å². The fraction of sp³-hybridized carbons (Fsp3) is 0.333. The number of nitrogens with zero attached hydrogens (tertiary/aromatic N) is 2. The minimum atomic E-state index is -3.58. The number of carbonyl (C=O) groups excluding carboxylic acids is 1. The molecule has 2 aromatic carbocycles. The second-order valence-electron chi connectivity index (χ2n) is 7.32. The number of anilines is 1. The summed E-state index contributed by atoms with van der Waals surface area (Å²) in [5.74, 6) is 0.452. The Morgan fingerprint density at radius 2 is 1.76 bits per heavy atom. The fourth-order valence-electron chi connectivity index (χ4n) is 3.23. The normalized spacial score (nSPS) is 11.5. The number of aromatic nitrogens is 1. The van der Waals surface area contributed by atoms with Crippen LogP contribution < -0.4 is 10.1 Å². The summed E-state index contributed by atoms with van der Waals surface area (Å²) in [5, 5.41) is 5.13. The highest BCUT2D eigenvalue weighted by molar-refractivity contribution is 7.89. The van der Waals surface area contributed by atoms with Crippen LogP contribution in [0.25, 0.3) is 11.3 Å². The number of benzene rings is 2. The predicted molar refractivity (Wildman–Crippen MR) is 132 cm³/mol. The second kappa shape index (κ2) is 11.4. The van der Waals surface area contributed by atoms with Crippen LogP contribution in [-0.4, -0.2) is 43.3 Å². The van der Waals surface area contributed by atoms with Gasteiger partial charge in [0.05, 0.1) is 17.2 Å². The number of hydrogen-bond acceptors (Lipinski definition) is 6. The monoisotopic (exact) mass is 487 g/mol. The number of hydrogen-bond donors (Lipinski definition) is 1. The molecule has 0 bridgehead atoms. The molecule has 0 radical (unpaired) electrons. The second-order valence-corrected chi connectivity index (χ2v) is 10.1. The third-order valence-electron chi connectivity index (χ3n) is 5.05. The van der Waals surface area contributed by atoms with E-state index in [4.69, 9.17) is 4.74 Å². The molecule has 0 atom stereocenters. The molecule has 0 spiro atoms. The molecule has 7 nitrogen and oxygen atoms in total. The first-order chi connectivity index (χ1) is 15.9. The number of amides is 1. The van der Waals surface area contributed by atoms with Crippen molar-refractivity contribution in [2.45, 2.75) is 38.5 Å². The van der Waals surface area contributed by atoms with E-state index in [1.54, 1.807) is 0 Å². The van der Waals surface area contributed by atoms with Crippen molar-refractivity contribution < 1.29 is 17.9 Å². The summed E-state index contributed by atoms with van der Waals surface area (Å²) in [7, 11) is -3.58. The molecule has 1 aromatic heterocycles. The van der Waals surface area contributed by atoms with Gasteiger partial charge in [0.1, 0.15) is 5.75 Å². The zero-order chi connectivity index (χ0) is 23.8. The highest BCUT2D eigenvalue weighted by atomic mass is 32.2. The molecule has 0 aliphatic carbocycles. The first-order valence-electron chi connectivity index (χ1n) is 11.0. The summed E-state index contributed by atoms with van der Waals surface area (Å²) < 4.78 is 32.6. The fourth-order valence-corrected chi connectivity index (χ4v) is 5.43. The van der Waals surface area contributed by atoms with Gasteiger partial charge in [-0.05, 0) is 61.9 Å². The van der Waals surface area contributed by atoms with Crippen molar-refractivity contribution in [3.8, 4) is 17.0 Å². The third-order valence-corrected chi connectivity index (χ3v) is 7.80. The van der Waals surface area contributed by atoms with Gasteiger partial charge in [0.25, 0.3) is 5.91 Å². The number of sulfonamides is 1. The van der Waals surface area contributed by atoms with Gasteiger partial charge in [-0.1, -0.05) is 20.3 Å². The lowest BCUT2D eigenvalue weighted by Gasteiger charge is -2.20. The molecule has 0 saturated heterocycles. The minimum Gasteiger partial charge on any atom is -0.494 e. The zero-order valence-electron chi connectivity index (χ0n) is 19.1. The Bertz CT molecular complexity index is 1160. The van der Waals surface area contributed by atoms with Crippen molar-refractivity contribution in [1.29, 1.82) is 0 Å². The van der Waals surface area contributed by atoms with Gasteiger partial charge in [-0.25, -0.2) is 13.4 Å². The third kappa shape index (κ3) is 6.19. The van der Waals surface area contributed by atoms with E-state index in [0.29, 0.717) is 30.4 Å². The molecule has 3 rings (SSSR count). The van der Waals surface area contributed by atoms with Crippen LogP contribution in [0, 0.1) is 0 Å². The van der Waals surface area contributed by atoms with Crippen molar-refractivity contribution >= 4 is 32.4 Å². The van der Waals surface area contributed by atoms with Crippen LogP contribution >= 0.6 is 11.3 Å². The Labute approximate surface area is 199 Å². The average molecular weight is 488 g/mol. The maximum atomic E-state index is 12.8. The summed E-state index contributed by atoms with van der Waals surface area (Å²) in [6.07, 6.45) is 1.72. The average Bonchev–Trinajstić information content (AvgIpc) is 3.28. The minimum absolute atomic E-state index is 0.184. The number of rotatable bonds is 11. The molecule has 0 aliphatic heterocycles. The first kappa shape index (κ1) is 24.9.